The van der Waals surface area contributed by atoms with Crippen molar-refractivity contribution in [2.45, 2.75) is 37.8 Å². The lowest BCUT2D eigenvalue weighted by atomic mass is 9.93. The maximum Gasteiger partial charge on any atom is 0.239 e. The highest BCUT2D eigenvalue weighted by Crippen LogP contribution is 2.18. The van der Waals surface area contributed by atoms with E-state index in [1.54, 1.807) is 0 Å². The topological polar surface area (TPSA) is 52.6 Å². The molecular weight excluding hydrogens is 240 g/mol. The second-order valence-electron chi connectivity index (χ2n) is 5.26. The minimum absolute atomic E-state index is 0.0488. The van der Waals surface area contributed by atoms with Crippen molar-refractivity contribution in [3.05, 3.63) is 30.3 Å². The van der Waals surface area contributed by atoms with Gasteiger partial charge in [-0.3, -0.25) is 4.79 Å². The molecule has 104 valence electrons. The van der Waals surface area contributed by atoms with Crippen LogP contribution in [0.3, 0.4) is 0 Å². The molecule has 0 atom stereocenters. The second-order valence-corrected chi connectivity index (χ2v) is 5.26. The van der Waals surface area contributed by atoms with Crippen molar-refractivity contribution in [2.75, 3.05) is 18.5 Å². The number of nitrogens with one attached hydrogen (secondary N) is 1. The zero-order valence-corrected chi connectivity index (χ0v) is 11.4. The maximum absolute atomic E-state index is 12.0. The van der Waals surface area contributed by atoms with E-state index in [1.807, 2.05) is 42.3 Å². The lowest BCUT2D eigenvalue weighted by molar-refractivity contribution is -0.120. The lowest BCUT2D eigenvalue weighted by Gasteiger charge is -2.27. The van der Waals surface area contributed by atoms with Crippen molar-refractivity contribution in [2.24, 2.45) is 0 Å². The van der Waals surface area contributed by atoms with Crippen LogP contribution in [0, 0.1) is 0 Å². The van der Waals surface area contributed by atoms with Crippen LogP contribution in [-0.2, 0) is 4.79 Å². The molecule has 0 heterocycles. The fraction of sp³-hybridized carbons (Fsp3) is 0.533. The van der Waals surface area contributed by atoms with E-state index >= 15 is 0 Å². The number of aliphatic hydroxyl groups is 1. The summed E-state index contributed by atoms with van der Waals surface area (Å²) in [5.41, 5.74) is 1.04. The maximum atomic E-state index is 12.0. The molecule has 0 unspecified atom stereocenters. The number of benzene rings is 1. The van der Waals surface area contributed by atoms with Crippen molar-refractivity contribution in [1.29, 1.82) is 0 Å². The van der Waals surface area contributed by atoms with E-state index in [4.69, 9.17) is 0 Å². The summed E-state index contributed by atoms with van der Waals surface area (Å²) in [6, 6.07) is 10.1. The number of hydrogen-bond acceptors (Lipinski definition) is 3. The molecule has 0 radical (unpaired) electrons. The van der Waals surface area contributed by atoms with Crippen LogP contribution in [0.2, 0.25) is 0 Å². The Morgan fingerprint density at radius 3 is 2.53 bits per heavy atom. The molecule has 1 aliphatic carbocycles. The molecule has 0 aromatic heterocycles. The summed E-state index contributed by atoms with van der Waals surface area (Å²) in [5.74, 6) is 0.0488. The van der Waals surface area contributed by atoms with Gasteiger partial charge in [0.1, 0.15) is 0 Å². The number of carbonyl (C=O) groups excluding carboxylic acids is 1. The Labute approximate surface area is 114 Å². The molecule has 4 heteroatoms. The van der Waals surface area contributed by atoms with E-state index in [1.165, 1.54) is 0 Å². The van der Waals surface area contributed by atoms with Gasteiger partial charge < -0.3 is 15.3 Å². The molecule has 1 aliphatic rings. The number of amides is 1. The van der Waals surface area contributed by atoms with E-state index in [9.17, 15) is 9.90 Å². The van der Waals surface area contributed by atoms with Crippen LogP contribution in [0.1, 0.15) is 25.7 Å². The standard InChI is InChI=1S/C15H22N2O2/c1-17(13-5-3-2-4-6-13)11-15(19)16-12-7-9-14(18)10-8-12/h2-6,12,14,18H,7-11H2,1H3,(H,16,19). The molecule has 1 saturated carbocycles. The molecule has 19 heavy (non-hydrogen) atoms. The quantitative estimate of drug-likeness (QED) is 0.865. The van der Waals surface area contributed by atoms with Gasteiger partial charge in [-0.05, 0) is 37.8 Å². The van der Waals surface area contributed by atoms with Gasteiger partial charge in [-0.15, -0.1) is 0 Å². The second kappa shape index (κ2) is 6.57. The Morgan fingerprint density at radius 1 is 1.26 bits per heavy atom. The highest BCUT2D eigenvalue weighted by atomic mass is 16.3. The number of rotatable bonds is 4. The Morgan fingerprint density at radius 2 is 1.89 bits per heavy atom. The molecule has 0 saturated heterocycles. The fourth-order valence-corrected chi connectivity index (χ4v) is 2.48. The number of carbonyl (C=O) groups is 1. The van der Waals surface area contributed by atoms with Gasteiger partial charge in [0.05, 0.1) is 12.6 Å². The first-order chi connectivity index (χ1) is 9.15. The van der Waals surface area contributed by atoms with E-state index in [-0.39, 0.29) is 18.1 Å². The smallest absolute Gasteiger partial charge is 0.239 e. The molecule has 1 amide bonds. The largest absolute Gasteiger partial charge is 0.393 e. The molecule has 4 nitrogen and oxygen atoms in total. The van der Waals surface area contributed by atoms with Crippen molar-refractivity contribution < 1.29 is 9.90 Å². The molecule has 0 spiro atoms. The Hall–Kier alpha value is -1.55. The number of aliphatic hydroxyl groups excluding tert-OH is 1. The SMILES string of the molecule is CN(CC(=O)NC1CCC(O)CC1)c1ccccc1. The van der Waals surface area contributed by atoms with Crippen molar-refractivity contribution in [1.82, 2.24) is 5.32 Å². The Balaban J connectivity index is 1.78. The highest BCUT2D eigenvalue weighted by Gasteiger charge is 2.21. The van der Waals surface area contributed by atoms with E-state index in [2.05, 4.69) is 5.32 Å². The van der Waals surface area contributed by atoms with Gasteiger partial charge in [-0.25, -0.2) is 0 Å². The van der Waals surface area contributed by atoms with Crippen LogP contribution in [-0.4, -0.2) is 36.8 Å². The number of para-hydroxylation sites is 1. The molecule has 0 aliphatic heterocycles. The van der Waals surface area contributed by atoms with Crippen LogP contribution in [0.4, 0.5) is 5.69 Å². The first kappa shape index (κ1) is 13.9. The van der Waals surface area contributed by atoms with E-state index in [0.717, 1.165) is 31.4 Å². The first-order valence-corrected chi connectivity index (χ1v) is 6.89. The monoisotopic (exact) mass is 262 g/mol. The summed E-state index contributed by atoms with van der Waals surface area (Å²) < 4.78 is 0. The zero-order chi connectivity index (χ0) is 13.7. The summed E-state index contributed by atoms with van der Waals surface area (Å²) in [5, 5.41) is 12.5. The minimum Gasteiger partial charge on any atom is -0.393 e. The first-order valence-electron chi connectivity index (χ1n) is 6.89. The number of hydrogen-bond donors (Lipinski definition) is 2. The summed E-state index contributed by atoms with van der Waals surface area (Å²) >= 11 is 0. The number of nitrogens with zero attached hydrogens (tertiary/aromatic N) is 1. The molecule has 1 aromatic rings. The summed E-state index contributed by atoms with van der Waals surface area (Å²) in [7, 11) is 1.92. The van der Waals surface area contributed by atoms with Gasteiger partial charge >= 0.3 is 0 Å². The molecule has 2 rings (SSSR count). The van der Waals surface area contributed by atoms with E-state index < -0.39 is 0 Å². The van der Waals surface area contributed by atoms with Crippen molar-refractivity contribution >= 4 is 11.6 Å². The van der Waals surface area contributed by atoms with Crippen molar-refractivity contribution in [3.8, 4) is 0 Å². The van der Waals surface area contributed by atoms with Gasteiger partial charge in [0.2, 0.25) is 5.91 Å². The van der Waals surface area contributed by atoms with Gasteiger partial charge in [0, 0.05) is 18.8 Å². The summed E-state index contributed by atoms with van der Waals surface area (Å²) in [6.07, 6.45) is 3.16. The summed E-state index contributed by atoms with van der Waals surface area (Å²) in [6.45, 7) is 0.364. The molecule has 1 fully saturated rings. The lowest BCUT2D eigenvalue weighted by Crippen LogP contribution is -2.43. The zero-order valence-electron chi connectivity index (χ0n) is 11.4. The fourth-order valence-electron chi connectivity index (χ4n) is 2.48. The molecule has 0 bridgehead atoms. The van der Waals surface area contributed by atoms with Gasteiger partial charge in [-0.2, -0.15) is 0 Å². The third-order valence-electron chi connectivity index (χ3n) is 3.64. The van der Waals surface area contributed by atoms with Gasteiger partial charge in [0.15, 0.2) is 0 Å². The van der Waals surface area contributed by atoms with Crippen LogP contribution in [0.5, 0.6) is 0 Å². The number of likely N-dealkylation sites (N-methyl/N-ethyl adjacent to an activating group) is 1. The minimum atomic E-state index is -0.180. The highest BCUT2D eigenvalue weighted by molar-refractivity contribution is 5.81. The molecule has 1 aromatic carbocycles. The average molecular weight is 262 g/mol. The molecular formula is C15H22N2O2. The van der Waals surface area contributed by atoms with Crippen LogP contribution >= 0.6 is 0 Å². The third-order valence-corrected chi connectivity index (χ3v) is 3.64. The normalized spacial score (nSPS) is 22.8. The predicted molar refractivity (Wildman–Crippen MR) is 76.1 cm³/mol. The summed E-state index contributed by atoms with van der Waals surface area (Å²) in [4.78, 5) is 13.9. The van der Waals surface area contributed by atoms with Gasteiger partial charge in [0.25, 0.3) is 0 Å². The Bertz CT molecular complexity index is 400. The Kier molecular flexibility index (Phi) is 4.80. The van der Waals surface area contributed by atoms with Crippen molar-refractivity contribution in [3.63, 3.8) is 0 Å². The van der Waals surface area contributed by atoms with E-state index in [0.29, 0.717) is 6.54 Å². The average Bonchev–Trinajstić information content (AvgIpc) is 2.42. The van der Waals surface area contributed by atoms with Crippen LogP contribution in [0.25, 0.3) is 0 Å². The number of anilines is 1. The predicted octanol–water partition coefficient (Wildman–Crippen LogP) is 1.54. The van der Waals surface area contributed by atoms with Crippen LogP contribution in [0.15, 0.2) is 30.3 Å². The third kappa shape index (κ3) is 4.24. The van der Waals surface area contributed by atoms with Crippen LogP contribution < -0.4 is 10.2 Å². The van der Waals surface area contributed by atoms with Gasteiger partial charge in [-0.1, -0.05) is 18.2 Å². The molecule has 2 N–H and O–H groups in total.